The highest BCUT2D eigenvalue weighted by atomic mass is 16.5. The van der Waals surface area contributed by atoms with Crippen LogP contribution in [-0.2, 0) is 0 Å². The smallest absolute Gasteiger partial charge is 0.272 e. The number of pyridine rings is 1. The lowest BCUT2D eigenvalue weighted by Gasteiger charge is -2.07. The Morgan fingerprint density at radius 3 is 2.44 bits per heavy atom. The van der Waals surface area contributed by atoms with Gasteiger partial charge in [0, 0.05) is 11.9 Å². The van der Waals surface area contributed by atoms with E-state index in [1.54, 1.807) is 24.4 Å². The predicted octanol–water partition coefficient (Wildman–Crippen LogP) is 4.61. The van der Waals surface area contributed by atoms with Crippen LogP contribution in [0.3, 0.4) is 0 Å². The zero-order valence-electron chi connectivity index (χ0n) is 13.3. The Labute approximate surface area is 144 Å². The minimum absolute atomic E-state index is 0.213. The molecule has 4 aromatic rings. The van der Waals surface area contributed by atoms with Crippen molar-refractivity contribution in [1.82, 2.24) is 9.97 Å². The van der Waals surface area contributed by atoms with Crippen molar-refractivity contribution in [3.8, 4) is 11.5 Å². The summed E-state index contributed by atoms with van der Waals surface area (Å²) in [6, 6.07) is 22.2. The minimum atomic E-state index is -0.213. The second kappa shape index (κ2) is 6.49. The number of nitrogens with zero attached hydrogens (tertiary/aromatic N) is 1. The van der Waals surface area contributed by atoms with E-state index in [2.05, 4.69) is 15.3 Å². The molecule has 0 radical (unpaired) electrons. The Hall–Kier alpha value is -3.60. The van der Waals surface area contributed by atoms with E-state index in [0.29, 0.717) is 17.1 Å². The fourth-order valence-electron chi connectivity index (χ4n) is 2.51. The fraction of sp³-hybridized carbons (Fsp3) is 0. The number of rotatable bonds is 4. The van der Waals surface area contributed by atoms with Crippen molar-refractivity contribution in [3.63, 3.8) is 0 Å². The quantitative estimate of drug-likeness (QED) is 0.574. The summed E-state index contributed by atoms with van der Waals surface area (Å²) in [6.45, 7) is 0. The molecule has 0 unspecified atom stereocenters. The topological polar surface area (TPSA) is 67.0 Å². The third kappa shape index (κ3) is 3.35. The van der Waals surface area contributed by atoms with Gasteiger partial charge < -0.3 is 15.0 Å². The number of carbonyl (C=O) groups is 1. The molecular formula is C20H15N3O2. The van der Waals surface area contributed by atoms with Crippen LogP contribution < -0.4 is 10.1 Å². The molecule has 4 rings (SSSR count). The number of aromatic nitrogens is 2. The molecule has 0 saturated heterocycles. The first-order valence-corrected chi connectivity index (χ1v) is 7.86. The Morgan fingerprint density at radius 2 is 1.68 bits per heavy atom. The number of aromatic amines is 1. The van der Waals surface area contributed by atoms with Crippen molar-refractivity contribution < 1.29 is 9.53 Å². The molecule has 122 valence electrons. The van der Waals surface area contributed by atoms with Gasteiger partial charge in [0.05, 0.1) is 11.0 Å². The van der Waals surface area contributed by atoms with Gasteiger partial charge in [-0.3, -0.25) is 9.78 Å². The van der Waals surface area contributed by atoms with Gasteiger partial charge in [0.25, 0.3) is 5.91 Å². The Bertz CT molecular complexity index is 975. The lowest BCUT2D eigenvalue weighted by molar-refractivity contribution is 0.102. The Balaban J connectivity index is 1.46. The van der Waals surface area contributed by atoms with Gasteiger partial charge in [-0.05, 0) is 54.6 Å². The minimum Gasteiger partial charge on any atom is -0.457 e. The summed E-state index contributed by atoms with van der Waals surface area (Å²) in [5.41, 5.74) is 2.76. The van der Waals surface area contributed by atoms with E-state index in [0.717, 1.165) is 16.8 Å². The summed E-state index contributed by atoms with van der Waals surface area (Å²) in [4.78, 5) is 19.6. The standard InChI is InChI=1S/C20H15N3O2/c24-20(19-13-18-17(23-19)7-4-12-21-18)22-14-8-10-16(11-9-14)25-15-5-2-1-3-6-15/h1-13,23H,(H,22,24). The highest BCUT2D eigenvalue weighted by Gasteiger charge is 2.10. The zero-order chi connectivity index (χ0) is 17.1. The molecule has 2 heterocycles. The number of benzene rings is 2. The third-order valence-electron chi connectivity index (χ3n) is 3.72. The summed E-state index contributed by atoms with van der Waals surface area (Å²) in [7, 11) is 0. The molecule has 2 aromatic carbocycles. The number of para-hydroxylation sites is 1. The Kier molecular flexibility index (Phi) is 3.88. The number of fused-ring (bicyclic) bond motifs is 1. The van der Waals surface area contributed by atoms with Crippen LogP contribution in [0, 0.1) is 0 Å². The van der Waals surface area contributed by atoms with Crippen molar-refractivity contribution in [3.05, 3.63) is 84.7 Å². The van der Waals surface area contributed by atoms with Crippen LogP contribution in [0.5, 0.6) is 11.5 Å². The first-order chi connectivity index (χ1) is 12.3. The lowest BCUT2D eigenvalue weighted by Crippen LogP contribution is -2.12. The molecule has 0 spiro atoms. The van der Waals surface area contributed by atoms with Gasteiger partial charge in [-0.1, -0.05) is 18.2 Å². The largest absolute Gasteiger partial charge is 0.457 e. The first-order valence-electron chi connectivity index (χ1n) is 7.86. The maximum absolute atomic E-state index is 12.4. The van der Waals surface area contributed by atoms with Crippen LogP contribution in [-0.4, -0.2) is 15.9 Å². The van der Waals surface area contributed by atoms with Gasteiger partial charge >= 0.3 is 0 Å². The van der Waals surface area contributed by atoms with Crippen LogP contribution in [0.1, 0.15) is 10.5 Å². The van der Waals surface area contributed by atoms with Crippen molar-refractivity contribution in [2.75, 3.05) is 5.32 Å². The number of hydrogen-bond donors (Lipinski definition) is 2. The molecule has 0 bridgehead atoms. The monoisotopic (exact) mass is 329 g/mol. The van der Waals surface area contributed by atoms with Crippen molar-refractivity contribution in [1.29, 1.82) is 0 Å². The molecule has 5 nitrogen and oxygen atoms in total. The van der Waals surface area contributed by atoms with Gasteiger partial charge in [0.2, 0.25) is 0 Å². The van der Waals surface area contributed by atoms with Crippen LogP contribution in [0.25, 0.3) is 11.0 Å². The number of amides is 1. The van der Waals surface area contributed by atoms with Crippen molar-refractivity contribution >= 4 is 22.6 Å². The molecule has 2 aromatic heterocycles. The van der Waals surface area contributed by atoms with Gasteiger partial charge in [-0.2, -0.15) is 0 Å². The number of H-pyrrole nitrogens is 1. The molecule has 0 aliphatic heterocycles. The molecule has 2 N–H and O–H groups in total. The lowest BCUT2D eigenvalue weighted by atomic mass is 10.3. The van der Waals surface area contributed by atoms with Crippen LogP contribution >= 0.6 is 0 Å². The SMILES string of the molecule is O=C(Nc1ccc(Oc2ccccc2)cc1)c1cc2ncccc2[nH]1. The van der Waals surface area contributed by atoms with E-state index >= 15 is 0 Å². The van der Waals surface area contributed by atoms with E-state index in [4.69, 9.17) is 4.74 Å². The molecule has 0 aliphatic rings. The molecule has 0 saturated carbocycles. The second-order valence-corrected chi connectivity index (χ2v) is 5.51. The first kappa shape index (κ1) is 15.0. The summed E-state index contributed by atoms with van der Waals surface area (Å²) in [6.07, 6.45) is 1.70. The van der Waals surface area contributed by atoms with E-state index < -0.39 is 0 Å². The van der Waals surface area contributed by atoms with Crippen LogP contribution in [0.4, 0.5) is 5.69 Å². The molecule has 0 atom stereocenters. The summed E-state index contributed by atoms with van der Waals surface area (Å²) in [5.74, 6) is 1.26. The molecule has 5 heteroatoms. The molecular weight excluding hydrogens is 314 g/mol. The number of nitrogens with one attached hydrogen (secondary N) is 2. The fourth-order valence-corrected chi connectivity index (χ4v) is 2.51. The summed E-state index contributed by atoms with van der Waals surface area (Å²) >= 11 is 0. The normalized spacial score (nSPS) is 10.6. The van der Waals surface area contributed by atoms with Crippen molar-refractivity contribution in [2.24, 2.45) is 0 Å². The average Bonchev–Trinajstić information content (AvgIpc) is 3.09. The maximum atomic E-state index is 12.4. The van der Waals surface area contributed by atoms with E-state index in [-0.39, 0.29) is 5.91 Å². The zero-order valence-corrected chi connectivity index (χ0v) is 13.3. The average molecular weight is 329 g/mol. The Morgan fingerprint density at radius 1 is 0.920 bits per heavy atom. The third-order valence-corrected chi connectivity index (χ3v) is 3.72. The summed E-state index contributed by atoms with van der Waals surface area (Å²) in [5, 5.41) is 2.86. The predicted molar refractivity (Wildman–Crippen MR) is 97.0 cm³/mol. The van der Waals surface area contributed by atoms with Crippen LogP contribution in [0.2, 0.25) is 0 Å². The number of ether oxygens (including phenoxy) is 1. The highest BCUT2D eigenvalue weighted by Crippen LogP contribution is 2.23. The molecule has 0 fully saturated rings. The maximum Gasteiger partial charge on any atom is 0.272 e. The molecule has 0 aliphatic carbocycles. The van der Waals surface area contributed by atoms with Gasteiger partial charge in [0.15, 0.2) is 0 Å². The van der Waals surface area contributed by atoms with Gasteiger partial charge in [0.1, 0.15) is 17.2 Å². The van der Waals surface area contributed by atoms with E-state index in [1.165, 1.54) is 0 Å². The number of carbonyl (C=O) groups excluding carboxylic acids is 1. The van der Waals surface area contributed by atoms with E-state index in [1.807, 2.05) is 54.6 Å². The highest BCUT2D eigenvalue weighted by molar-refractivity contribution is 6.05. The van der Waals surface area contributed by atoms with Gasteiger partial charge in [-0.15, -0.1) is 0 Å². The molecule has 1 amide bonds. The number of hydrogen-bond acceptors (Lipinski definition) is 3. The second-order valence-electron chi connectivity index (χ2n) is 5.51. The van der Waals surface area contributed by atoms with E-state index in [9.17, 15) is 4.79 Å². The van der Waals surface area contributed by atoms with Gasteiger partial charge in [-0.25, -0.2) is 0 Å². The van der Waals surface area contributed by atoms with Crippen LogP contribution in [0.15, 0.2) is 79.0 Å². The number of anilines is 1. The summed E-state index contributed by atoms with van der Waals surface area (Å²) < 4.78 is 5.74. The molecule has 25 heavy (non-hydrogen) atoms. The van der Waals surface area contributed by atoms with Crippen molar-refractivity contribution in [2.45, 2.75) is 0 Å².